The number of halogens is 2. The highest BCUT2D eigenvalue weighted by Crippen LogP contribution is 2.22. The van der Waals surface area contributed by atoms with Crippen LogP contribution in [0.15, 0.2) is 40.9 Å². The Morgan fingerprint density at radius 1 is 1.30 bits per heavy atom. The van der Waals surface area contributed by atoms with Crippen LogP contribution in [0.25, 0.3) is 0 Å². The van der Waals surface area contributed by atoms with E-state index in [1.54, 1.807) is 24.3 Å². The standard InChI is InChI=1S/C15H10BrClN2O/c1-9-2-4-12(13(16)6-9)15(20)19-11-3-5-14(17)10(7-11)8-18/h2-7H,1H3,(H,19,20). The van der Waals surface area contributed by atoms with Crippen LogP contribution in [0.5, 0.6) is 0 Å². The van der Waals surface area contributed by atoms with Crippen molar-refractivity contribution in [1.29, 1.82) is 5.26 Å². The van der Waals surface area contributed by atoms with Gasteiger partial charge in [0.15, 0.2) is 0 Å². The zero-order valence-corrected chi connectivity index (χ0v) is 12.9. The minimum absolute atomic E-state index is 0.247. The molecule has 0 unspecified atom stereocenters. The van der Waals surface area contributed by atoms with Crippen LogP contribution in [0.2, 0.25) is 5.02 Å². The van der Waals surface area contributed by atoms with Crippen molar-refractivity contribution >= 4 is 39.1 Å². The van der Waals surface area contributed by atoms with Gasteiger partial charge in [-0.2, -0.15) is 5.26 Å². The lowest BCUT2D eigenvalue weighted by Crippen LogP contribution is -2.12. The fourth-order valence-corrected chi connectivity index (χ4v) is 2.52. The molecule has 0 radical (unpaired) electrons. The van der Waals surface area contributed by atoms with Crippen molar-refractivity contribution in [2.75, 3.05) is 5.32 Å². The second-order valence-corrected chi connectivity index (χ2v) is 5.51. The first-order valence-electron chi connectivity index (χ1n) is 5.78. The normalized spacial score (nSPS) is 9.90. The van der Waals surface area contributed by atoms with Crippen molar-refractivity contribution in [3.63, 3.8) is 0 Å². The number of hydrogen-bond donors (Lipinski definition) is 1. The van der Waals surface area contributed by atoms with Gasteiger partial charge in [-0.1, -0.05) is 17.7 Å². The van der Waals surface area contributed by atoms with Crippen LogP contribution < -0.4 is 5.32 Å². The van der Waals surface area contributed by atoms with E-state index in [0.717, 1.165) is 10.0 Å². The first kappa shape index (κ1) is 14.6. The topological polar surface area (TPSA) is 52.9 Å². The molecular formula is C15H10BrClN2O. The van der Waals surface area contributed by atoms with E-state index in [9.17, 15) is 4.79 Å². The van der Waals surface area contributed by atoms with E-state index in [-0.39, 0.29) is 5.91 Å². The zero-order valence-electron chi connectivity index (χ0n) is 10.6. The summed E-state index contributed by atoms with van der Waals surface area (Å²) in [5, 5.41) is 12.0. The molecule has 0 saturated heterocycles. The molecule has 1 amide bonds. The molecule has 0 atom stereocenters. The van der Waals surface area contributed by atoms with Crippen LogP contribution in [0.3, 0.4) is 0 Å². The summed E-state index contributed by atoms with van der Waals surface area (Å²) in [6.07, 6.45) is 0. The lowest BCUT2D eigenvalue weighted by molar-refractivity contribution is 0.102. The summed E-state index contributed by atoms with van der Waals surface area (Å²) in [7, 11) is 0. The molecule has 0 saturated carbocycles. The average molecular weight is 350 g/mol. The Morgan fingerprint density at radius 3 is 2.70 bits per heavy atom. The van der Waals surface area contributed by atoms with Gasteiger partial charge < -0.3 is 5.32 Å². The summed E-state index contributed by atoms with van der Waals surface area (Å²) in [4.78, 5) is 12.2. The maximum Gasteiger partial charge on any atom is 0.256 e. The molecule has 100 valence electrons. The Bertz CT molecular complexity index is 722. The van der Waals surface area contributed by atoms with Gasteiger partial charge in [0.25, 0.3) is 5.91 Å². The average Bonchev–Trinajstić information content (AvgIpc) is 2.40. The van der Waals surface area contributed by atoms with E-state index < -0.39 is 0 Å². The highest BCUT2D eigenvalue weighted by atomic mass is 79.9. The summed E-state index contributed by atoms with van der Waals surface area (Å²) < 4.78 is 0.726. The molecule has 0 aliphatic heterocycles. The quantitative estimate of drug-likeness (QED) is 0.865. The van der Waals surface area contributed by atoms with E-state index in [1.807, 2.05) is 25.1 Å². The van der Waals surface area contributed by atoms with Gasteiger partial charge in [0.2, 0.25) is 0 Å². The molecule has 2 aromatic carbocycles. The molecule has 5 heteroatoms. The third kappa shape index (κ3) is 3.19. The van der Waals surface area contributed by atoms with Crippen molar-refractivity contribution < 1.29 is 4.79 Å². The number of nitrogens with one attached hydrogen (secondary N) is 1. The summed E-state index contributed by atoms with van der Waals surface area (Å²) in [6.45, 7) is 1.95. The van der Waals surface area contributed by atoms with Crippen LogP contribution in [0, 0.1) is 18.3 Å². The minimum Gasteiger partial charge on any atom is -0.322 e. The molecule has 0 aromatic heterocycles. The van der Waals surface area contributed by atoms with Gasteiger partial charge in [-0.3, -0.25) is 4.79 Å². The van der Waals surface area contributed by atoms with Crippen LogP contribution in [0.1, 0.15) is 21.5 Å². The fraction of sp³-hybridized carbons (Fsp3) is 0.0667. The molecule has 0 aliphatic rings. The van der Waals surface area contributed by atoms with Gasteiger partial charge in [0.05, 0.1) is 16.1 Å². The molecule has 2 aromatic rings. The maximum absolute atomic E-state index is 12.2. The predicted molar refractivity (Wildman–Crippen MR) is 83.0 cm³/mol. The highest BCUT2D eigenvalue weighted by Gasteiger charge is 2.11. The lowest BCUT2D eigenvalue weighted by Gasteiger charge is -2.08. The molecule has 0 fully saturated rings. The fourth-order valence-electron chi connectivity index (χ4n) is 1.69. The number of nitrogens with zero attached hydrogens (tertiary/aromatic N) is 1. The highest BCUT2D eigenvalue weighted by molar-refractivity contribution is 9.10. The number of anilines is 1. The van der Waals surface area contributed by atoms with Gasteiger partial charge in [-0.25, -0.2) is 0 Å². The Hall–Kier alpha value is -1.83. The zero-order chi connectivity index (χ0) is 14.7. The summed E-state index contributed by atoms with van der Waals surface area (Å²) >= 11 is 9.22. The number of benzene rings is 2. The van der Waals surface area contributed by atoms with Gasteiger partial charge in [-0.15, -0.1) is 0 Å². The monoisotopic (exact) mass is 348 g/mol. The maximum atomic E-state index is 12.2. The largest absolute Gasteiger partial charge is 0.322 e. The molecule has 3 nitrogen and oxygen atoms in total. The van der Waals surface area contributed by atoms with Crippen LogP contribution in [0.4, 0.5) is 5.69 Å². The van der Waals surface area contributed by atoms with Gasteiger partial charge in [0, 0.05) is 10.2 Å². The molecule has 0 heterocycles. The van der Waals surface area contributed by atoms with E-state index in [4.69, 9.17) is 16.9 Å². The van der Waals surface area contributed by atoms with E-state index >= 15 is 0 Å². The molecular weight excluding hydrogens is 340 g/mol. The van der Waals surface area contributed by atoms with Crippen LogP contribution >= 0.6 is 27.5 Å². The number of amides is 1. The van der Waals surface area contributed by atoms with Crippen molar-refractivity contribution in [3.05, 3.63) is 62.6 Å². The van der Waals surface area contributed by atoms with Crippen molar-refractivity contribution in [2.24, 2.45) is 0 Å². The van der Waals surface area contributed by atoms with Crippen molar-refractivity contribution in [2.45, 2.75) is 6.92 Å². The molecule has 20 heavy (non-hydrogen) atoms. The Kier molecular flexibility index (Phi) is 4.43. The van der Waals surface area contributed by atoms with E-state index in [2.05, 4.69) is 21.2 Å². The minimum atomic E-state index is -0.247. The van der Waals surface area contributed by atoms with Crippen LogP contribution in [-0.2, 0) is 0 Å². The third-order valence-electron chi connectivity index (χ3n) is 2.71. The van der Waals surface area contributed by atoms with Gasteiger partial charge >= 0.3 is 0 Å². The third-order valence-corrected chi connectivity index (χ3v) is 3.70. The second-order valence-electron chi connectivity index (χ2n) is 4.24. The number of nitriles is 1. The van der Waals surface area contributed by atoms with Crippen LogP contribution in [-0.4, -0.2) is 5.91 Å². The number of aryl methyl sites for hydroxylation is 1. The summed E-state index contributed by atoms with van der Waals surface area (Å²) in [5.74, 6) is -0.247. The van der Waals surface area contributed by atoms with Crippen molar-refractivity contribution in [3.8, 4) is 6.07 Å². The Balaban J connectivity index is 2.26. The van der Waals surface area contributed by atoms with E-state index in [1.165, 1.54) is 0 Å². The number of carbonyl (C=O) groups excluding carboxylic acids is 1. The first-order valence-corrected chi connectivity index (χ1v) is 6.95. The smallest absolute Gasteiger partial charge is 0.256 e. The number of rotatable bonds is 2. The number of hydrogen-bond acceptors (Lipinski definition) is 2. The SMILES string of the molecule is Cc1ccc(C(=O)Nc2ccc(Cl)c(C#N)c2)c(Br)c1. The molecule has 0 bridgehead atoms. The molecule has 2 rings (SSSR count). The molecule has 0 aliphatic carbocycles. The lowest BCUT2D eigenvalue weighted by atomic mass is 10.1. The predicted octanol–water partition coefficient (Wildman–Crippen LogP) is 4.53. The van der Waals surface area contributed by atoms with Gasteiger partial charge in [0.1, 0.15) is 6.07 Å². The first-order chi connectivity index (χ1) is 9.51. The molecule has 0 spiro atoms. The van der Waals surface area contributed by atoms with Gasteiger partial charge in [-0.05, 0) is 58.7 Å². The van der Waals surface area contributed by atoms with Crippen molar-refractivity contribution in [1.82, 2.24) is 0 Å². The summed E-state index contributed by atoms with van der Waals surface area (Å²) in [6, 6.07) is 12.2. The number of carbonyl (C=O) groups is 1. The Morgan fingerprint density at radius 2 is 2.05 bits per heavy atom. The van der Waals surface area contributed by atoms with E-state index in [0.29, 0.717) is 21.8 Å². The summed E-state index contributed by atoms with van der Waals surface area (Å²) in [5.41, 5.74) is 2.45. The Labute approximate surface area is 130 Å². The second kappa shape index (κ2) is 6.08. The molecule has 1 N–H and O–H groups in total.